The van der Waals surface area contributed by atoms with Gasteiger partial charge in [0.2, 0.25) is 5.91 Å². The maximum Gasteiger partial charge on any atom is 0.410 e. The molecular weight excluding hydrogens is 272 g/mol. The number of Topliss-reactive ketones (excluding diaryl/α,β-unsaturated/α-hetero) is 1. The second kappa shape index (κ2) is 6.03. The van der Waals surface area contributed by atoms with Gasteiger partial charge in [0.25, 0.3) is 0 Å². The molecule has 1 saturated carbocycles. The molecule has 21 heavy (non-hydrogen) atoms. The first-order chi connectivity index (χ1) is 9.76. The van der Waals surface area contributed by atoms with E-state index in [1.807, 2.05) is 20.8 Å². The third-order valence-corrected chi connectivity index (χ3v) is 3.84. The molecule has 6 heteroatoms. The average molecular weight is 296 g/mol. The molecule has 0 aromatic heterocycles. The Kier molecular flexibility index (Phi) is 4.54. The standard InChI is InChI=1S/C15H24N2O4/c1-15(2,3)21-14(20)17-8-6-16(7-9-17)13(19)11-4-5-12(18)10-11/h11H,4-10H2,1-3H3/t11-/m1/s1. The molecule has 0 unspecified atom stereocenters. The van der Waals surface area contributed by atoms with Crippen LogP contribution in [0.25, 0.3) is 0 Å². The largest absolute Gasteiger partial charge is 0.444 e. The smallest absolute Gasteiger partial charge is 0.410 e. The number of nitrogens with zero attached hydrogens (tertiary/aromatic N) is 2. The van der Waals surface area contributed by atoms with Crippen LogP contribution in [0.4, 0.5) is 4.79 Å². The summed E-state index contributed by atoms with van der Waals surface area (Å²) in [5.41, 5.74) is -0.506. The summed E-state index contributed by atoms with van der Waals surface area (Å²) in [4.78, 5) is 38.9. The summed E-state index contributed by atoms with van der Waals surface area (Å²) in [7, 11) is 0. The van der Waals surface area contributed by atoms with Crippen molar-refractivity contribution in [2.24, 2.45) is 5.92 Å². The van der Waals surface area contributed by atoms with E-state index in [2.05, 4.69) is 0 Å². The van der Waals surface area contributed by atoms with Crippen LogP contribution in [-0.4, -0.2) is 59.4 Å². The number of ketones is 1. The quantitative estimate of drug-likeness (QED) is 0.734. The van der Waals surface area contributed by atoms with Gasteiger partial charge in [-0.25, -0.2) is 4.79 Å². The summed E-state index contributed by atoms with van der Waals surface area (Å²) < 4.78 is 5.33. The predicted octanol–water partition coefficient (Wildman–Crippen LogP) is 1.43. The van der Waals surface area contributed by atoms with E-state index >= 15 is 0 Å². The number of ether oxygens (including phenoxy) is 1. The highest BCUT2D eigenvalue weighted by Gasteiger charge is 2.34. The number of rotatable bonds is 1. The SMILES string of the molecule is CC(C)(C)OC(=O)N1CCN(C(=O)[C@@H]2CCC(=O)C2)CC1. The molecule has 118 valence electrons. The van der Waals surface area contributed by atoms with Crippen LogP contribution in [-0.2, 0) is 14.3 Å². The first-order valence-electron chi connectivity index (χ1n) is 7.55. The fourth-order valence-corrected chi connectivity index (χ4v) is 2.72. The lowest BCUT2D eigenvalue weighted by atomic mass is 10.1. The molecule has 2 aliphatic rings. The minimum Gasteiger partial charge on any atom is -0.444 e. The Labute approximate surface area is 125 Å². The molecule has 6 nitrogen and oxygen atoms in total. The second-order valence-corrected chi connectivity index (χ2v) is 6.77. The van der Waals surface area contributed by atoms with Crippen LogP contribution in [0, 0.1) is 5.92 Å². The molecule has 1 heterocycles. The number of piperazine rings is 1. The molecule has 0 spiro atoms. The van der Waals surface area contributed by atoms with Crippen molar-refractivity contribution in [1.82, 2.24) is 9.80 Å². The third-order valence-electron chi connectivity index (χ3n) is 3.84. The van der Waals surface area contributed by atoms with Gasteiger partial charge in [-0.1, -0.05) is 0 Å². The highest BCUT2D eigenvalue weighted by atomic mass is 16.6. The topological polar surface area (TPSA) is 66.9 Å². The lowest BCUT2D eigenvalue weighted by Gasteiger charge is -2.36. The van der Waals surface area contributed by atoms with Crippen molar-refractivity contribution in [2.45, 2.75) is 45.6 Å². The predicted molar refractivity (Wildman–Crippen MR) is 76.7 cm³/mol. The van der Waals surface area contributed by atoms with Gasteiger partial charge < -0.3 is 14.5 Å². The Hall–Kier alpha value is -1.59. The maximum absolute atomic E-state index is 12.3. The molecule has 1 aliphatic carbocycles. The van der Waals surface area contributed by atoms with Crippen molar-refractivity contribution in [3.05, 3.63) is 0 Å². The Morgan fingerprint density at radius 3 is 2.14 bits per heavy atom. The number of carbonyl (C=O) groups excluding carboxylic acids is 3. The fourth-order valence-electron chi connectivity index (χ4n) is 2.72. The molecule has 0 aromatic carbocycles. The summed E-state index contributed by atoms with van der Waals surface area (Å²) >= 11 is 0. The normalized spacial score (nSPS) is 23.4. The van der Waals surface area contributed by atoms with Gasteiger partial charge in [-0.05, 0) is 27.2 Å². The van der Waals surface area contributed by atoms with Gasteiger partial charge in [-0.15, -0.1) is 0 Å². The minimum atomic E-state index is -0.506. The molecule has 0 N–H and O–H groups in total. The van der Waals surface area contributed by atoms with E-state index in [1.54, 1.807) is 9.80 Å². The number of carbonyl (C=O) groups is 3. The van der Waals surface area contributed by atoms with Crippen molar-refractivity contribution in [3.8, 4) is 0 Å². The fraction of sp³-hybridized carbons (Fsp3) is 0.800. The Balaban J connectivity index is 1.81. The zero-order valence-electron chi connectivity index (χ0n) is 13.1. The van der Waals surface area contributed by atoms with E-state index < -0.39 is 5.60 Å². The van der Waals surface area contributed by atoms with Crippen LogP contribution in [0.2, 0.25) is 0 Å². The highest BCUT2D eigenvalue weighted by Crippen LogP contribution is 2.24. The summed E-state index contributed by atoms with van der Waals surface area (Å²) in [6.07, 6.45) is 1.24. The number of amides is 2. The van der Waals surface area contributed by atoms with E-state index in [-0.39, 0.29) is 23.7 Å². The van der Waals surface area contributed by atoms with Gasteiger partial charge in [0, 0.05) is 44.9 Å². The zero-order chi connectivity index (χ0) is 15.6. The van der Waals surface area contributed by atoms with Gasteiger partial charge in [0.1, 0.15) is 11.4 Å². The molecule has 1 atom stereocenters. The molecule has 2 fully saturated rings. The van der Waals surface area contributed by atoms with E-state index in [4.69, 9.17) is 4.74 Å². The van der Waals surface area contributed by atoms with Crippen LogP contribution < -0.4 is 0 Å². The van der Waals surface area contributed by atoms with Gasteiger partial charge in [-0.2, -0.15) is 0 Å². The van der Waals surface area contributed by atoms with Gasteiger partial charge in [-0.3, -0.25) is 9.59 Å². The summed E-state index contributed by atoms with van der Waals surface area (Å²) in [6.45, 7) is 7.51. The van der Waals surface area contributed by atoms with Crippen LogP contribution in [0.15, 0.2) is 0 Å². The number of hydrogen-bond donors (Lipinski definition) is 0. The molecule has 2 amide bonds. The second-order valence-electron chi connectivity index (χ2n) is 6.77. The molecule has 0 aromatic rings. The van der Waals surface area contributed by atoms with E-state index in [0.29, 0.717) is 45.4 Å². The average Bonchev–Trinajstić information content (AvgIpc) is 2.83. The van der Waals surface area contributed by atoms with Crippen LogP contribution in [0.3, 0.4) is 0 Å². The monoisotopic (exact) mass is 296 g/mol. The molecule has 0 radical (unpaired) electrons. The lowest BCUT2D eigenvalue weighted by molar-refractivity contribution is -0.137. The third kappa shape index (κ3) is 4.19. The highest BCUT2D eigenvalue weighted by molar-refractivity contribution is 5.90. The van der Waals surface area contributed by atoms with E-state index in [1.165, 1.54) is 0 Å². The van der Waals surface area contributed by atoms with Crippen molar-refractivity contribution in [3.63, 3.8) is 0 Å². The molecular formula is C15H24N2O4. The van der Waals surface area contributed by atoms with Gasteiger partial charge in [0.15, 0.2) is 0 Å². The Morgan fingerprint density at radius 2 is 1.67 bits per heavy atom. The van der Waals surface area contributed by atoms with Crippen LogP contribution >= 0.6 is 0 Å². The maximum atomic E-state index is 12.3. The van der Waals surface area contributed by atoms with E-state index in [9.17, 15) is 14.4 Å². The van der Waals surface area contributed by atoms with E-state index in [0.717, 1.165) is 0 Å². The Bertz CT molecular complexity index is 433. The van der Waals surface area contributed by atoms with Gasteiger partial charge >= 0.3 is 6.09 Å². The van der Waals surface area contributed by atoms with Crippen molar-refractivity contribution < 1.29 is 19.1 Å². The molecule has 2 rings (SSSR count). The summed E-state index contributed by atoms with van der Waals surface area (Å²) in [5.74, 6) is 0.0935. The van der Waals surface area contributed by atoms with Crippen LogP contribution in [0.1, 0.15) is 40.0 Å². The lowest BCUT2D eigenvalue weighted by Crippen LogP contribution is -2.52. The number of hydrogen-bond acceptors (Lipinski definition) is 4. The summed E-state index contributed by atoms with van der Waals surface area (Å²) in [5, 5.41) is 0. The van der Waals surface area contributed by atoms with Crippen molar-refractivity contribution >= 4 is 17.8 Å². The summed E-state index contributed by atoms with van der Waals surface area (Å²) in [6, 6.07) is 0. The minimum absolute atomic E-state index is 0.0599. The van der Waals surface area contributed by atoms with Crippen molar-refractivity contribution in [1.29, 1.82) is 0 Å². The first kappa shape index (κ1) is 15.8. The molecule has 1 saturated heterocycles. The Morgan fingerprint density at radius 1 is 1.10 bits per heavy atom. The first-order valence-corrected chi connectivity index (χ1v) is 7.55. The van der Waals surface area contributed by atoms with Crippen LogP contribution in [0.5, 0.6) is 0 Å². The molecule has 1 aliphatic heterocycles. The van der Waals surface area contributed by atoms with Crippen molar-refractivity contribution in [2.75, 3.05) is 26.2 Å². The van der Waals surface area contributed by atoms with Gasteiger partial charge in [0.05, 0.1) is 0 Å². The zero-order valence-corrected chi connectivity index (χ0v) is 13.1. The molecule has 0 bridgehead atoms.